The highest BCUT2D eigenvalue weighted by atomic mass is 32.1. The van der Waals surface area contributed by atoms with Gasteiger partial charge in [-0.2, -0.15) is 0 Å². The molecule has 176 valence electrons. The van der Waals surface area contributed by atoms with Crippen LogP contribution >= 0.6 is 11.3 Å². The number of amides is 1. The average Bonchev–Trinajstić information content (AvgIpc) is 3.47. The number of hydrogen-bond acceptors (Lipinski definition) is 7. The number of hydrogen-bond donors (Lipinski definition) is 0. The Morgan fingerprint density at radius 1 is 1.12 bits per heavy atom. The van der Waals surface area contributed by atoms with Crippen molar-refractivity contribution in [3.63, 3.8) is 0 Å². The second-order valence-electron chi connectivity index (χ2n) is 8.35. The molecule has 0 aliphatic carbocycles. The van der Waals surface area contributed by atoms with Crippen LogP contribution in [0.1, 0.15) is 41.0 Å². The molecule has 2 aliphatic rings. The lowest BCUT2D eigenvalue weighted by Gasteiger charge is -2.30. The number of ether oxygens (including phenoxy) is 2. The molecule has 1 amide bonds. The first-order chi connectivity index (χ1) is 16.1. The van der Waals surface area contributed by atoms with E-state index in [0.29, 0.717) is 31.2 Å². The molecule has 0 bridgehead atoms. The van der Waals surface area contributed by atoms with Crippen molar-refractivity contribution in [2.75, 3.05) is 46.0 Å². The minimum absolute atomic E-state index is 0.282. The van der Waals surface area contributed by atoms with Gasteiger partial charge in [0.1, 0.15) is 11.7 Å². The highest BCUT2D eigenvalue weighted by Crippen LogP contribution is 2.39. The van der Waals surface area contributed by atoms with Crippen molar-refractivity contribution in [3.05, 3.63) is 52.2 Å². The summed E-state index contributed by atoms with van der Waals surface area (Å²) in [6.45, 7) is 7.08. The SMILES string of the molecule is CCCOc1ccc(C2C(C(=O)c3cccs3)C(=O)C(=O)N2CCCN2CCOCC2)cc1. The van der Waals surface area contributed by atoms with Crippen LogP contribution in [0, 0.1) is 5.92 Å². The summed E-state index contributed by atoms with van der Waals surface area (Å²) in [6, 6.07) is 10.3. The zero-order valence-corrected chi connectivity index (χ0v) is 19.7. The summed E-state index contributed by atoms with van der Waals surface area (Å²) in [7, 11) is 0. The van der Waals surface area contributed by atoms with Crippen molar-refractivity contribution in [2.24, 2.45) is 5.92 Å². The van der Waals surface area contributed by atoms with Crippen LogP contribution in [0.4, 0.5) is 0 Å². The Kier molecular flexibility index (Phi) is 7.90. The van der Waals surface area contributed by atoms with Gasteiger partial charge in [-0.1, -0.05) is 25.1 Å². The number of likely N-dealkylation sites (tertiary alicyclic amines) is 1. The number of rotatable bonds is 10. The number of carbonyl (C=O) groups is 3. The van der Waals surface area contributed by atoms with E-state index in [-0.39, 0.29) is 5.78 Å². The Bertz CT molecular complexity index is 954. The second kappa shape index (κ2) is 11.0. The maximum Gasteiger partial charge on any atom is 0.291 e. The molecule has 7 nitrogen and oxygen atoms in total. The fourth-order valence-electron chi connectivity index (χ4n) is 4.44. The number of thiophene rings is 1. The first-order valence-electron chi connectivity index (χ1n) is 11.6. The number of nitrogens with zero attached hydrogens (tertiary/aromatic N) is 2. The third-order valence-corrected chi connectivity index (χ3v) is 7.01. The van der Waals surface area contributed by atoms with Gasteiger partial charge >= 0.3 is 0 Å². The van der Waals surface area contributed by atoms with Crippen LogP contribution in [0.5, 0.6) is 5.75 Å². The van der Waals surface area contributed by atoms with Gasteiger partial charge in [-0.15, -0.1) is 11.3 Å². The van der Waals surface area contributed by atoms with E-state index in [1.54, 1.807) is 17.0 Å². The summed E-state index contributed by atoms with van der Waals surface area (Å²) >= 11 is 1.30. The van der Waals surface area contributed by atoms with Crippen LogP contribution in [0.15, 0.2) is 41.8 Å². The predicted molar refractivity (Wildman–Crippen MR) is 126 cm³/mol. The first kappa shape index (κ1) is 23.6. The zero-order valence-electron chi connectivity index (χ0n) is 18.9. The highest BCUT2D eigenvalue weighted by molar-refractivity contribution is 7.12. The molecular weight excluding hydrogens is 440 g/mol. The monoisotopic (exact) mass is 470 g/mol. The summed E-state index contributed by atoms with van der Waals surface area (Å²) in [5, 5.41) is 1.81. The fraction of sp³-hybridized carbons (Fsp3) is 0.480. The van der Waals surface area contributed by atoms with Gasteiger partial charge in [0.2, 0.25) is 5.78 Å². The number of ketones is 2. The Morgan fingerprint density at radius 2 is 1.88 bits per heavy atom. The van der Waals surface area contributed by atoms with Crippen LogP contribution < -0.4 is 4.74 Å². The summed E-state index contributed by atoms with van der Waals surface area (Å²) in [6.07, 6.45) is 1.63. The minimum atomic E-state index is -1.03. The van der Waals surface area contributed by atoms with Crippen molar-refractivity contribution in [2.45, 2.75) is 25.8 Å². The number of Topliss-reactive ketones (excluding diaryl/α,β-unsaturated/α-hetero) is 2. The normalized spacial score (nSPS) is 21.5. The van der Waals surface area contributed by atoms with Gasteiger partial charge in [0.25, 0.3) is 5.91 Å². The summed E-state index contributed by atoms with van der Waals surface area (Å²) in [5.74, 6) is -1.76. The van der Waals surface area contributed by atoms with Crippen molar-refractivity contribution in [1.29, 1.82) is 0 Å². The molecule has 2 aliphatic heterocycles. The van der Waals surface area contributed by atoms with E-state index in [2.05, 4.69) is 4.90 Å². The van der Waals surface area contributed by atoms with Gasteiger partial charge < -0.3 is 14.4 Å². The quantitative estimate of drug-likeness (QED) is 0.302. The predicted octanol–water partition coefficient (Wildman–Crippen LogP) is 3.21. The molecule has 1 aromatic heterocycles. The van der Waals surface area contributed by atoms with E-state index >= 15 is 0 Å². The molecule has 0 spiro atoms. The average molecular weight is 471 g/mol. The molecule has 8 heteroatoms. The van der Waals surface area contributed by atoms with Gasteiger partial charge in [-0.3, -0.25) is 19.3 Å². The second-order valence-corrected chi connectivity index (χ2v) is 9.30. The van der Waals surface area contributed by atoms with Crippen LogP contribution in [-0.2, 0) is 14.3 Å². The van der Waals surface area contributed by atoms with E-state index < -0.39 is 23.7 Å². The van der Waals surface area contributed by atoms with E-state index in [9.17, 15) is 14.4 Å². The van der Waals surface area contributed by atoms with Gasteiger partial charge in [0.15, 0.2) is 5.78 Å². The summed E-state index contributed by atoms with van der Waals surface area (Å²) < 4.78 is 11.1. The van der Waals surface area contributed by atoms with Crippen LogP contribution in [0.2, 0.25) is 0 Å². The molecule has 0 N–H and O–H groups in total. The largest absolute Gasteiger partial charge is 0.494 e. The first-order valence-corrected chi connectivity index (χ1v) is 12.4. The maximum atomic E-state index is 13.3. The lowest BCUT2D eigenvalue weighted by molar-refractivity contribution is -0.140. The summed E-state index contributed by atoms with van der Waals surface area (Å²) in [4.78, 5) is 43.8. The third-order valence-electron chi connectivity index (χ3n) is 6.12. The topological polar surface area (TPSA) is 76.2 Å². The molecule has 0 radical (unpaired) electrons. The van der Waals surface area contributed by atoms with Gasteiger partial charge in [0.05, 0.1) is 30.7 Å². The van der Waals surface area contributed by atoms with Crippen molar-refractivity contribution in [1.82, 2.24) is 9.80 Å². The molecule has 2 fully saturated rings. The zero-order chi connectivity index (χ0) is 23.2. The Morgan fingerprint density at radius 3 is 2.55 bits per heavy atom. The van der Waals surface area contributed by atoms with Crippen LogP contribution in [0.3, 0.4) is 0 Å². The van der Waals surface area contributed by atoms with Gasteiger partial charge in [-0.05, 0) is 42.0 Å². The third kappa shape index (κ3) is 5.34. The maximum absolute atomic E-state index is 13.3. The molecular formula is C25H30N2O5S. The highest BCUT2D eigenvalue weighted by Gasteiger charge is 2.51. The lowest BCUT2D eigenvalue weighted by Crippen LogP contribution is -2.39. The van der Waals surface area contributed by atoms with Gasteiger partial charge in [-0.25, -0.2) is 0 Å². The van der Waals surface area contributed by atoms with E-state index in [4.69, 9.17) is 9.47 Å². The Hall–Kier alpha value is -2.55. The van der Waals surface area contributed by atoms with Crippen molar-refractivity contribution < 1.29 is 23.9 Å². The number of benzene rings is 1. The van der Waals surface area contributed by atoms with E-state index in [1.807, 2.05) is 36.6 Å². The minimum Gasteiger partial charge on any atom is -0.494 e. The Labute approximate surface area is 198 Å². The molecule has 1 aromatic carbocycles. The van der Waals surface area contributed by atoms with Crippen LogP contribution in [0.25, 0.3) is 0 Å². The fourth-order valence-corrected chi connectivity index (χ4v) is 5.15. The van der Waals surface area contributed by atoms with Crippen LogP contribution in [-0.4, -0.2) is 73.3 Å². The molecule has 3 heterocycles. The molecule has 33 heavy (non-hydrogen) atoms. The lowest BCUT2D eigenvalue weighted by atomic mass is 9.88. The number of morpholine rings is 1. The smallest absolute Gasteiger partial charge is 0.291 e. The molecule has 4 rings (SSSR count). The van der Waals surface area contributed by atoms with E-state index in [1.165, 1.54) is 11.3 Å². The molecule has 2 saturated heterocycles. The number of carbonyl (C=O) groups excluding carboxylic acids is 3. The van der Waals surface area contributed by atoms with E-state index in [0.717, 1.165) is 43.8 Å². The van der Waals surface area contributed by atoms with Crippen molar-refractivity contribution in [3.8, 4) is 5.75 Å². The standard InChI is InChI=1S/C25H30N2O5S/c1-2-14-32-19-8-6-18(7-9-19)22-21(23(28)20-5-3-17-33-20)24(29)25(30)27(22)11-4-10-26-12-15-31-16-13-26/h3,5-9,17,21-22H,2,4,10-16H2,1H3. The summed E-state index contributed by atoms with van der Waals surface area (Å²) in [5.41, 5.74) is 0.777. The molecule has 2 atom stereocenters. The molecule has 2 aromatic rings. The van der Waals surface area contributed by atoms with Gasteiger partial charge in [0, 0.05) is 26.2 Å². The Balaban J connectivity index is 1.56. The molecule has 2 unspecified atom stereocenters. The van der Waals surface area contributed by atoms with Crippen molar-refractivity contribution >= 4 is 28.8 Å². The molecule has 0 saturated carbocycles.